The molecule has 0 aliphatic carbocycles. The maximum absolute atomic E-state index is 11.6. The van der Waals surface area contributed by atoms with Crippen molar-refractivity contribution in [2.45, 2.75) is 5.92 Å². The van der Waals surface area contributed by atoms with Crippen LogP contribution in [-0.2, 0) is 4.79 Å². The van der Waals surface area contributed by atoms with Gasteiger partial charge in [-0.3, -0.25) is 4.79 Å². The molecule has 2 rings (SSSR count). The fraction of sp³-hybridized carbons (Fsp3) is 0.167. The highest BCUT2D eigenvalue weighted by Crippen LogP contribution is 2.36. The second-order valence-corrected chi connectivity index (χ2v) is 5.51. The number of hydrogen-bond donors (Lipinski definition) is 7. The van der Waals surface area contributed by atoms with E-state index in [0.29, 0.717) is 13.1 Å². The average Bonchev–Trinajstić information content (AvgIpc) is 2.64. The third-order valence-electron chi connectivity index (χ3n) is 3.59. The van der Waals surface area contributed by atoms with E-state index in [1.807, 2.05) is 0 Å². The van der Waals surface area contributed by atoms with E-state index in [1.165, 1.54) is 0 Å². The number of hydrogen-bond acceptors (Lipinski definition) is 7. The topological polar surface area (TPSA) is 204 Å². The van der Waals surface area contributed by atoms with Crippen molar-refractivity contribution in [2.75, 3.05) is 13.1 Å². The van der Waals surface area contributed by atoms with E-state index in [9.17, 15) is 29.7 Å². The van der Waals surface area contributed by atoms with E-state index in [4.69, 9.17) is 21.7 Å². The number of aromatic hydroxyl groups is 2. The fourth-order valence-electron chi connectivity index (χ4n) is 2.28. The molecule has 0 aromatic heterocycles. The first kappa shape index (κ1) is 22.4. The van der Waals surface area contributed by atoms with Crippen molar-refractivity contribution < 1.29 is 39.9 Å². The van der Waals surface area contributed by atoms with Gasteiger partial charge in [0.1, 0.15) is 17.4 Å². The Hall–Kier alpha value is -3.63. The highest BCUT2D eigenvalue weighted by molar-refractivity contribution is 5.90. The predicted octanol–water partition coefficient (Wildman–Crippen LogP) is 0.615. The lowest BCUT2D eigenvalue weighted by Gasteiger charge is -2.16. The molecule has 10 heteroatoms. The van der Waals surface area contributed by atoms with Gasteiger partial charge < -0.3 is 37.0 Å². The van der Waals surface area contributed by atoms with Gasteiger partial charge >= 0.3 is 17.9 Å². The van der Waals surface area contributed by atoms with Gasteiger partial charge in [-0.05, 0) is 24.3 Å². The van der Waals surface area contributed by atoms with E-state index < -0.39 is 35.3 Å². The van der Waals surface area contributed by atoms with E-state index >= 15 is 0 Å². The van der Waals surface area contributed by atoms with Crippen molar-refractivity contribution in [3.05, 3.63) is 58.7 Å². The molecular weight excluding hydrogens is 372 g/mol. The summed E-state index contributed by atoms with van der Waals surface area (Å²) in [4.78, 5) is 33.3. The highest BCUT2D eigenvalue weighted by atomic mass is 16.4. The molecule has 0 saturated carbocycles. The van der Waals surface area contributed by atoms with Crippen LogP contribution in [0.25, 0.3) is 0 Å². The minimum absolute atomic E-state index is 0.133. The van der Waals surface area contributed by atoms with Crippen LogP contribution in [0.2, 0.25) is 0 Å². The van der Waals surface area contributed by atoms with E-state index in [1.54, 1.807) is 0 Å². The fourth-order valence-corrected chi connectivity index (χ4v) is 2.28. The van der Waals surface area contributed by atoms with Gasteiger partial charge in [-0.1, -0.05) is 12.1 Å². The molecule has 150 valence electrons. The summed E-state index contributed by atoms with van der Waals surface area (Å²) in [5, 5.41) is 47.1. The normalized spacial score (nSPS) is 10.1. The quantitative estimate of drug-likeness (QED) is 0.365. The number of rotatable bonds is 6. The van der Waals surface area contributed by atoms with Gasteiger partial charge in [0, 0.05) is 24.2 Å². The Balaban J connectivity index is 0.000000892. The zero-order chi connectivity index (χ0) is 21.4. The van der Waals surface area contributed by atoms with Crippen LogP contribution in [0.4, 0.5) is 0 Å². The molecule has 2 aromatic carbocycles. The number of phenolic OH excluding ortho intramolecular Hbond substituents is 2. The number of phenols is 2. The van der Waals surface area contributed by atoms with Crippen LogP contribution in [0.1, 0.15) is 37.8 Å². The van der Waals surface area contributed by atoms with Crippen LogP contribution in [-0.4, -0.2) is 56.5 Å². The van der Waals surface area contributed by atoms with Gasteiger partial charge in [0.25, 0.3) is 0 Å². The molecule has 0 heterocycles. The number of carboxylic acids is 3. The Morgan fingerprint density at radius 3 is 1.32 bits per heavy atom. The first-order valence-electron chi connectivity index (χ1n) is 7.89. The molecular formula is C18H20N2O8. The summed E-state index contributed by atoms with van der Waals surface area (Å²) in [5.41, 5.74) is 9.08. The molecule has 9 N–H and O–H groups in total. The standard InChI is InChI=1S/C16H12O8.C2H8N2/c17-11-5-7(14(19)20)1-3-9(11)13(16(23)24)10-4-2-8(15(21)22)6-12(10)18;3-1-2-4/h1-6,13,17-18H,(H,19,20)(H,21,22)(H,23,24);1-4H2. The second-order valence-electron chi connectivity index (χ2n) is 5.51. The summed E-state index contributed by atoms with van der Waals surface area (Å²) in [6.45, 7) is 1.19. The molecule has 0 bridgehead atoms. The summed E-state index contributed by atoms with van der Waals surface area (Å²) in [6, 6.07) is 6.29. The van der Waals surface area contributed by atoms with Crippen LogP contribution in [0.5, 0.6) is 11.5 Å². The molecule has 2 aromatic rings. The third kappa shape index (κ3) is 5.43. The van der Waals surface area contributed by atoms with Gasteiger partial charge in [-0.15, -0.1) is 0 Å². The molecule has 0 radical (unpaired) electrons. The minimum Gasteiger partial charge on any atom is -0.508 e. The smallest absolute Gasteiger partial charge is 0.335 e. The summed E-state index contributed by atoms with van der Waals surface area (Å²) >= 11 is 0. The van der Waals surface area contributed by atoms with Crippen molar-refractivity contribution in [3.63, 3.8) is 0 Å². The number of aliphatic carboxylic acids is 1. The van der Waals surface area contributed by atoms with Crippen molar-refractivity contribution in [1.29, 1.82) is 0 Å². The third-order valence-corrected chi connectivity index (χ3v) is 3.59. The van der Waals surface area contributed by atoms with E-state index in [-0.39, 0.29) is 22.3 Å². The Kier molecular flexibility index (Phi) is 7.92. The Morgan fingerprint density at radius 1 is 0.750 bits per heavy atom. The number of benzene rings is 2. The molecule has 0 atom stereocenters. The lowest BCUT2D eigenvalue weighted by Crippen LogP contribution is -2.14. The molecule has 0 aliphatic heterocycles. The number of carboxylic acid groups (broad SMARTS) is 3. The van der Waals surface area contributed by atoms with Gasteiger partial charge in [0.05, 0.1) is 11.1 Å². The van der Waals surface area contributed by atoms with E-state index in [2.05, 4.69) is 0 Å². The van der Waals surface area contributed by atoms with Gasteiger partial charge in [-0.25, -0.2) is 9.59 Å². The van der Waals surface area contributed by atoms with Crippen LogP contribution < -0.4 is 11.5 Å². The molecule has 28 heavy (non-hydrogen) atoms. The molecule has 0 spiro atoms. The first-order chi connectivity index (χ1) is 13.1. The maximum atomic E-state index is 11.6. The zero-order valence-electron chi connectivity index (χ0n) is 14.6. The molecule has 0 aliphatic rings. The average molecular weight is 392 g/mol. The first-order valence-corrected chi connectivity index (χ1v) is 7.89. The zero-order valence-corrected chi connectivity index (χ0v) is 14.6. The number of carbonyl (C=O) groups is 3. The van der Waals surface area contributed by atoms with Gasteiger partial charge in [0.2, 0.25) is 0 Å². The summed E-state index contributed by atoms with van der Waals surface area (Å²) < 4.78 is 0. The SMILES string of the molecule is NCCN.O=C(O)c1ccc(C(C(=O)O)c2ccc(C(=O)O)cc2O)c(O)c1. The van der Waals surface area contributed by atoms with Crippen LogP contribution in [0.3, 0.4) is 0 Å². The van der Waals surface area contributed by atoms with E-state index in [0.717, 1.165) is 36.4 Å². The Bertz CT molecular complexity index is 816. The van der Waals surface area contributed by atoms with Crippen molar-refractivity contribution in [1.82, 2.24) is 0 Å². The molecule has 0 unspecified atom stereocenters. The predicted molar refractivity (Wildman–Crippen MR) is 97.7 cm³/mol. The molecule has 0 fully saturated rings. The van der Waals surface area contributed by atoms with Crippen LogP contribution in [0.15, 0.2) is 36.4 Å². The molecule has 0 saturated heterocycles. The summed E-state index contributed by atoms with van der Waals surface area (Å²) in [7, 11) is 0. The lowest BCUT2D eigenvalue weighted by atomic mass is 9.89. The molecule has 0 amide bonds. The lowest BCUT2D eigenvalue weighted by molar-refractivity contribution is -0.137. The second kappa shape index (κ2) is 9.90. The summed E-state index contributed by atoms with van der Waals surface area (Å²) in [6.07, 6.45) is 0. The summed E-state index contributed by atoms with van der Waals surface area (Å²) in [5.74, 6) is -6.63. The largest absolute Gasteiger partial charge is 0.508 e. The monoisotopic (exact) mass is 392 g/mol. The van der Waals surface area contributed by atoms with Gasteiger partial charge in [0.15, 0.2) is 0 Å². The van der Waals surface area contributed by atoms with Gasteiger partial charge in [-0.2, -0.15) is 0 Å². The van der Waals surface area contributed by atoms with Crippen LogP contribution in [0, 0.1) is 0 Å². The molecule has 10 nitrogen and oxygen atoms in total. The Morgan fingerprint density at radius 2 is 1.11 bits per heavy atom. The van der Waals surface area contributed by atoms with Crippen molar-refractivity contribution in [3.8, 4) is 11.5 Å². The van der Waals surface area contributed by atoms with Crippen molar-refractivity contribution >= 4 is 17.9 Å². The number of nitrogens with two attached hydrogens (primary N) is 2. The minimum atomic E-state index is -1.50. The van der Waals surface area contributed by atoms with Crippen LogP contribution >= 0.6 is 0 Å². The maximum Gasteiger partial charge on any atom is 0.335 e. The highest BCUT2D eigenvalue weighted by Gasteiger charge is 2.28. The van der Waals surface area contributed by atoms with Crippen molar-refractivity contribution in [2.24, 2.45) is 11.5 Å². The number of aromatic carboxylic acids is 2. The Labute approximate surface area is 159 Å².